The second-order valence-electron chi connectivity index (χ2n) is 7.15. The Hall–Kier alpha value is -2.38. The lowest BCUT2D eigenvalue weighted by Gasteiger charge is -2.40. The molecule has 0 saturated carbocycles. The summed E-state index contributed by atoms with van der Waals surface area (Å²) in [7, 11) is 0. The molecule has 2 N–H and O–H groups in total. The van der Waals surface area contributed by atoms with E-state index in [1.807, 2.05) is 12.1 Å². The van der Waals surface area contributed by atoms with Gasteiger partial charge in [0.25, 0.3) is 0 Å². The summed E-state index contributed by atoms with van der Waals surface area (Å²) >= 11 is 0. The highest BCUT2D eigenvalue weighted by Crippen LogP contribution is 2.29. The first-order valence-corrected chi connectivity index (χ1v) is 9.51. The van der Waals surface area contributed by atoms with Gasteiger partial charge in [-0.3, -0.25) is 0 Å². The van der Waals surface area contributed by atoms with Crippen LogP contribution in [0.15, 0.2) is 30.3 Å². The van der Waals surface area contributed by atoms with Crippen LogP contribution in [0.1, 0.15) is 23.6 Å². The minimum Gasteiger partial charge on any atom is -0.487 e. The second-order valence-corrected chi connectivity index (χ2v) is 7.15. The summed E-state index contributed by atoms with van der Waals surface area (Å²) in [5, 5.41) is 12.2. The Morgan fingerprint density at radius 1 is 1.30 bits per heavy atom. The fraction of sp³-hybridized carbons (Fsp3) is 0.500. The molecule has 2 aromatic rings. The van der Waals surface area contributed by atoms with Gasteiger partial charge in [0.2, 0.25) is 5.95 Å². The van der Waals surface area contributed by atoms with Crippen LogP contribution >= 0.6 is 0 Å². The number of aryl methyl sites for hydroxylation is 1. The van der Waals surface area contributed by atoms with Crippen LogP contribution in [0.2, 0.25) is 0 Å². The van der Waals surface area contributed by atoms with Gasteiger partial charge in [-0.25, -0.2) is 4.98 Å². The van der Waals surface area contributed by atoms with Crippen molar-refractivity contribution in [1.82, 2.24) is 9.97 Å². The van der Waals surface area contributed by atoms with Gasteiger partial charge in [-0.1, -0.05) is 12.1 Å². The van der Waals surface area contributed by atoms with Gasteiger partial charge >= 0.3 is 0 Å². The maximum atomic E-state index is 9.07. The number of hydrogen-bond acceptors (Lipinski definition) is 7. The molecule has 3 heterocycles. The number of aromatic nitrogens is 2. The first-order valence-electron chi connectivity index (χ1n) is 9.51. The van der Waals surface area contributed by atoms with Crippen LogP contribution in [0.25, 0.3) is 0 Å². The molecule has 0 amide bonds. The number of hydrogen-bond donors (Lipinski definition) is 2. The molecule has 27 heavy (non-hydrogen) atoms. The first-order chi connectivity index (χ1) is 13.2. The molecule has 2 aliphatic heterocycles. The Balaban J connectivity index is 1.44. The third-order valence-electron chi connectivity index (χ3n) is 4.94. The van der Waals surface area contributed by atoms with E-state index in [4.69, 9.17) is 14.6 Å². The normalized spacial score (nSPS) is 19.8. The highest BCUT2D eigenvalue weighted by atomic mass is 16.5. The Labute approximate surface area is 159 Å². The number of aliphatic hydroxyl groups is 1. The highest BCUT2D eigenvalue weighted by Gasteiger charge is 2.31. The molecule has 0 aliphatic carbocycles. The van der Waals surface area contributed by atoms with Crippen molar-refractivity contribution in [2.24, 2.45) is 0 Å². The van der Waals surface area contributed by atoms with Crippen LogP contribution < -0.4 is 15.0 Å². The van der Waals surface area contributed by atoms with E-state index in [-0.39, 0.29) is 12.7 Å². The summed E-state index contributed by atoms with van der Waals surface area (Å²) in [5.41, 5.74) is 2.20. The van der Waals surface area contributed by atoms with Crippen LogP contribution in [0.5, 0.6) is 5.75 Å². The zero-order chi connectivity index (χ0) is 18.6. The van der Waals surface area contributed by atoms with Gasteiger partial charge in [0, 0.05) is 25.1 Å². The molecule has 0 unspecified atom stereocenters. The van der Waals surface area contributed by atoms with Crippen LogP contribution in [-0.4, -0.2) is 60.6 Å². The van der Waals surface area contributed by atoms with Crippen molar-refractivity contribution in [3.63, 3.8) is 0 Å². The van der Waals surface area contributed by atoms with Crippen molar-refractivity contribution in [3.8, 4) is 5.75 Å². The van der Waals surface area contributed by atoms with Crippen molar-refractivity contribution >= 4 is 11.8 Å². The molecule has 2 aliphatic rings. The Kier molecular flexibility index (Phi) is 5.40. The number of nitrogens with one attached hydrogen (secondary N) is 1. The van der Waals surface area contributed by atoms with E-state index in [9.17, 15) is 0 Å². The van der Waals surface area contributed by atoms with Gasteiger partial charge in [0.15, 0.2) is 0 Å². The molecule has 0 bridgehead atoms. The number of nitrogens with zero attached hydrogens (tertiary/aromatic N) is 3. The number of rotatable bonds is 7. The molecule has 1 aromatic carbocycles. The quantitative estimate of drug-likeness (QED) is 0.771. The molecule has 7 nitrogen and oxygen atoms in total. The lowest BCUT2D eigenvalue weighted by atomic mass is 10.0. The highest BCUT2D eigenvalue weighted by molar-refractivity contribution is 5.48. The van der Waals surface area contributed by atoms with Crippen LogP contribution in [0, 0.1) is 6.92 Å². The van der Waals surface area contributed by atoms with Gasteiger partial charge in [-0.15, -0.1) is 0 Å². The minimum atomic E-state index is 0.0472. The summed E-state index contributed by atoms with van der Waals surface area (Å²) in [6.45, 7) is 5.62. The zero-order valence-electron chi connectivity index (χ0n) is 15.6. The molecule has 144 valence electrons. The Bertz CT molecular complexity index is 774. The molecule has 1 aromatic heterocycles. The van der Waals surface area contributed by atoms with Crippen molar-refractivity contribution in [2.75, 3.05) is 49.7 Å². The van der Waals surface area contributed by atoms with E-state index >= 15 is 0 Å². The molecule has 2 fully saturated rings. The summed E-state index contributed by atoms with van der Waals surface area (Å²) in [6.07, 6.45) is 1.14. The van der Waals surface area contributed by atoms with Crippen LogP contribution in [0.4, 0.5) is 11.8 Å². The average molecular weight is 370 g/mol. The van der Waals surface area contributed by atoms with Gasteiger partial charge in [0.1, 0.15) is 17.7 Å². The first kappa shape index (κ1) is 18.0. The van der Waals surface area contributed by atoms with E-state index in [0.717, 1.165) is 43.4 Å². The van der Waals surface area contributed by atoms with E-state index in [2.05, 4.69) is 45.3 Å². The summed E-state index contributed by atoms with van der Waals surface area (Å²) in [5.74, 6) is 2.68. The smallest absolute Gasteiger partial charge is 0.224 e. The van der Waals surface area contributed by atoms with E-state index in [0.29, 0.717) is 25.0 Å². The largest absolute Gasteiger partial charge is 0.487 e. The molecule has 1 atom stereocenters. The predicted molar refractivity (Wildman–Crippen MR) is 104 cm³/mol. The molecule has 4 rings (SSSR count). The number of aliphatic hydroxyl groups excluding tert-OH is 1. The maximum Gasteiger partial charge on any atom is 0.224 e. The van der Waals surface area contributed by atoms with Crippen LogP contribution in [-0.2, 0) is 4.74 Å². The van der Waals surface area contributed by atoms with Crippen LogP contribution in [0.3, 0.4) is 0 Å². The van der Waals surface area contributed by atoms with Gasteiger partial charge in [0.05, 0.1) is 32.0 Å². The van der Waals surface area contributed by atoms with Crippen molar-refractivity contribution in [2.45, 2.75) is 25.4 Å². The van der Waals surface area contributed by atoms with Gasteiger partial charge in [-0.05, 0) is 31.0 Å². The van der Waals surface area contributed by atoms with Crippen molar-refractivity contribution < 1.29 is 14.6 Å². The van der Waals surface area contributed by atoms with E-state index in [1.54, 1.807) is 0 Å². The molecule has 7 heteroatoms. The Morgan fingerprint density at radius 3 is 2.93 bits per heavy atom. The molecule has 0 spiro atoms. The predicted octanol–water partition coefficient (Wildman–Crippen LogP) is 1.96. The van der Waals surface area contributed by atoms with E-state index in [1.165, 1.54) is 5.56 Å². The Morgan fingerprint density at radius 2 is 2.19 bits per heavy atom. The number of anilines is 2. The van der Waals surface area contributed by atoms with Gasteiger partial charge < -0.3 is 24.8 Å². The fourth-order valence-corrected chi connectivity index (χ4v) is 3.42. The minimum absolute atomic E-state index is 0.0472. The average Bonchev–Trinajstić information content (AvgIpc) is 3.17. The van der Waals surface area contributed by atoms with Crippen molar-refractivity contribution in [3.05, 3.63) is 41.6 Å². The third-order valence-corrected chi connectivity index (χ3v) is 4.94. The standard InChI is InChI=1S/C20H26N4O3/c1-14-3-2-4-16(9-14)27-17-11-24(12-17)19-10-18(15-5-8-26-13-15)22-20(23-19)21-6-7-25/h2-4,9-10,15,17,25H,5-8,11-13H2,1H3,(H,21,22,23)/t15-/m1/s1. The molecular formula is C20H26N4O3. The number of ether oxygens (including phenoxy) is 2. The fourth-order valence-electron chi connectivity index (χ4n) is 3.42. The second kappa shape index (κ2) is 8.10. The lowest BCUT2D eigenvalue weighted by molar-refractivity contribution is 0.166. The summed E-state index contributed by atoms with van der Waals surface area (Å²) < 4.78 is 11.6. The van der Waals surface area contributed by atoms with Gasteiger partial charge in [-0.2, -0.15) is 4.98 Å². The lowest BCUT2D eigenvalue weighted by Crippen LogP contribution is -2.54. The zero-order valence-corrected chi connectivity index (χ0v) is 15.6. The van der Waals surface area contributed by atoms with E-state index < -0.39 is 0 Å². The molecular weight excluding hydrogens is 344 g/mol. The number of benzene rings is 1. The molecule has 0 radical (unpaired) electrons. The maximum absolute atomic E-state index is 9.07. The third kappa shape index (κ3) is 4.31. The summed E-state index contributed by atoms with van der Waals surface area (Å²) in [6, 6.07) is 10.2. The molecule has 2 saturated heterocycles. The topological polar surface area (TPSA) is 79.7 Å². The summed E-state index contributed by atoms with van der Waals surface area (Å²) in [4.78, 5) is 11.4. The SMILES string of the molecule is Cc1cccc(OC2CN(c3cc([C@@H]4CCOC4)nc(NCCO)n3)C2)c1. The van der Waals surface area contributed by atoms with Crippen molar-refractivity contribution in [1.29, 1.82) is 0 Å². The monoisotopic (exact) mass is 370 g/mol.